The molecule has 5 amide bonds. The smallest absolute Gasteiger partial charge is 0.318 e. The molecule has 192 valence electrons. The molecule has 0 aromatic heterocycles. The van der Waals surface area contributed by atoms with Gasteiger partial charge in [0.15, 0.2) is 0 Å². The molecule has 1 saturated heterocycles. The van der Waals surface area contributed by atoms with Crippen molar-refractivity contribution < 1.29 is 39.0 Å². The number of rotatable bonds is 6. The number of carboxylic acid groups (broad SMARTS) is 1. The first-order chi connectivity index (χ1) is 15.9. The average molecular weight is 523 g/mol. The van der Waals surface area contributed by atoms with Crippen LogP contribution in [0.5, 0.6) is 0 Å². The van der Waals surface area contributed by atoms with Gasteiger partial charge in [-0.15, -0.1) is 11.8 Å². The maximum atomic E-state index is 12.8. The summed E-state index contributed by atoms with van der Waals surface area (Å²) >= 11 is 4.94. The van der Waals surface area contributed by atoms with Crippen molar-refractivity contribution in [3.8, 4) is 0 Å². The Labute approximate surface area is 205 Å². The number of nitrogens with two attached hydrogens (primary N) is 1. The van der Waals surface area contributed by atoms with Gasteiger partial charge in [-0.1, -0.05) is 0 Å². The third kappa shape index (κ3) is 8.66. The van der Waals surface area contributed by atoms with Crippen LogP contribution < -0.4 is 32.3 Å². The summed E-state index contributed by atoms with van der Waals surface area (Å²) < 4.78 is 0. The second kappa shape index (κ2) is 14.0. The second-order valence-electron chi connectivity index (χ2n) is 7.44. The van der Waals surface area contributed by atoms with Gasteiger partial charge in [-0.05, 0) is 14.0 Å². The molecule has 14 nitrogen and oxygen atoms in total. The highest BCUT2D eigenvalue weighted by atomic mass is 32.2. The number of aliphatic hydroxyl groups is 1. The predicted molar refractivity (Wildman–Crippen MR) is 125 cm³/mol. The Balaban J connectivity index is 3.35. The molecule has 1 fully saturated rings. The molecule has 0 spiro atoms. The summed E-state index contributed by atoms with van der Waals surface area (Å²) in [6, 6.07) is -6.07. The van der Waals surface area contributed by atoms with E-state index in [-0.39, 0.29) is 11.5 Å². The number of nitrogens with one attached hydrogen (secondary N) is 5. The Morgan fingerprint density at radius 1 is 1.06 bits per heavy atom. The minimum atomic E-state index is -1.45. The molecule has 1 aliphatic rings. The number of aliphatic carboxylic acids is 1. The van der Waals surface area contributed by atoms with Crippen molar-refractivity contribution >= 4 is 59.9 Å². The van der Waals surface area contributed by atoms with Crippen LogP contribution in [0.15, 0.2) is 0 Å². The number of amides is 5. The number of carbonyl (C=O) groups is 6. The fourth-order valence-corrected chi connectivity index (χ4v) is 4.60. The number of aliphatic hydroxyl groups excluding tert-OH is 1. The van der Waals surface area contributed by atoms with Crippen LogP contribution in [-0.4, -0.2) is 106 Å². The minimum absolute atomic E-state index is 0.0724. The summed E-state index contributed by atoms with van der Waals surface area (Å²) in [7, 11) is 1.45. The quantitative estimate of drug-likeness (QED) is 0.152. The minimum Gasteiger partial charge on any atom is -0.480 e. The van der Waals surface area contributed by atoms with Crippen LogP contribution in [0.3, 0.4) is 0 Å². The van der Waals surface area contributed by atoms with E-state index in [4.69, 9.17) is 5.73 Å². The highest BCUT2D eigenvalue weighted by Gasteiger charge is 2.35. The largest absolute Gasteiger partial charge is 0.480 e. The van der Waals surface area contributed by atoms with Gasteiger partial charge in [0.25, 0.3) is 0 Å². The van der Waals surface area contributed by atoms with Crippen LogP contribution in [0.2, 0.25) is 0 Å². The molecule has 0 bridgehead atoms. The zero-order chi connectivity index (χ0) is 26.0. The molecular formula is C18H30N6O8S2. The van der Waals surface area contributed by atoms with Gasteiger partial charge in [-0.2, -0.15) is 12.6 Å². The maximum absolute atomic E-state index is 12.8. The number of thiol groups is 1. The lowest BCUT2D eigenvalue weighted by molar-refractivity contribution is -0.138. The molecule has 0 aromatic rings. The number of hydrogen-bond donors (Lipinski definition) is 9. The normalized spacial score (nSPS) is 29.9. The van der Waals surface area contributed by atoms with E-state index in [1.54, 1.807) is 0 Å². The first-order valence-electron chi connectivity index (χ1n) is 10.2. The highest BCUT2D eigenvalue weighted by molar-refractivity contribution is 8.00. The molecule has 16 heteroatoms. The van der Waals surface area contributed by atoms with Gasteiger partial charge in [0.1, 0.15) is 23.4 Å². The van der Waals surface area contributed by atoms with E-state index in [0.717, 1.165) is 11.8 Å². The fraction of sp³-hybridized carbons (Fsp3) is 0.667. The fourth-order valence-electron chi connectivity index (χ4n) is 2.90. The summed E-state index contributed by atoms with van der Waals surface area (Å²) in [4.78, 5) is 73.7. The van der Waals surface area contributed by atoms with Crippen LogP contribution in [0.25, 0.3) is 0 Å². The van der Waals surface area contributed by atoms with Gasteiger partial charge in [-0.3, -0.25) is 28.8 Å². The van der Waals surface area contributed by atoms with Gasteiger partial charge in [0.2, 0.25) is 29.5 Å². The molecule has 0 radical (unpaired) electrons. The van der Waals surface area contributed by atoms with E-state index in [2.05, 4.69) is 39.2 Å². The van der Waals surface area contributed by atoms with Crippen molar-refractivity contribution in [3.63, 3.8) is 0 Å². The lowest BCUT2D eigenvalue weighted by atomic mass is 10.1. The summed E-state index contributed by atoms with van der Waals surface area (Å²) in [6.07, 6.45) is -0.584. The monoisotopic (exact) mass is 522 g/mol. The Bertz CT molecular complexity index is 800. The number of carboxylic acids is 1. The van der Waals surface area contributed by atoms with Crippen molar-refractivity contribution in [1.29, 1.82) is 0 Å². The molecule has 6 atom stereocenters. The zero-order valence-corrected chi connectivity index (χ0v) is 20.3. The summed E-state index contributed by atoms with van der Waals surface area (Å²) in [6.45, 7) is 0.511. The molecule has 0 aliphatic carbocycles. The van der Waals surface area contributed by atoms with E-state index < -0.39 is 84.0 Å². The van der Waals surface area contributed by atoms with Gasteiger partial charge in [0.05, 0.1) is 25.1 Å². The number of thioether (sulfide) groups is 1. The van der Waals surface area contributed by atoms with Gasteiger partial charge in [0, 0.05) is 11.5 Å². The van der Waals surface area contributed by atoms with E-state index in [1.165, 1.54) is 14.0 Å². The molecule has 1 rings (SSSR count). The summed E-state index contributed by atoms with van der Waals surface area (Å²) in [5.74, 6) is -5.67. The van der Waals surface area contributed by atoms with Crippen molar-refractivity contribution in [2.24, 2.45) is 5.73 Å². The second-order valence-corrected chi connectivity index (χ2v) is 8.98. The Hall–Kier alpha value is -2.56. The maximum Gasteiger partial charge on any atom is 0.318 e. The molecule has 3 unspecified atom stereocenters. The van der Waals surface area contributed by atoms with Crippen LogP contribution in [-0.2, 0) is 28.8 Å². The first kappa shape index (κ1) is 29.5. The van der Waals surface area contributed by atoms with Crippen molar-refractivity contribution in [2.45, 2.75) is 48.8 Å². The van der Waals surface area contributed by atoms with Crippen LogP contribution >= 0.6 is 24.4 Å². The zero-order valence-electron chi connectivity index (χ0n) is 18.6. The topological polar surface area (TPSA) is 229 Å². The molecule has 9 N–H and O–H groups in total. The Kier molecular flexibility index (Phi) is 12.1. The lowest BCUT2D eigenvalue weighted by Crippen LogP contribution is -2.60. The molecule has 34 heavy (non-hydrogen) atoms. The number of hydrogen-bond acceptors (Lipinski definition) is 10. The lowest BCUT2D eigenvalue weighted by Gasteiger charge is -2.28. The number of primary amides is 1. The average Bonchev–Trinajstić information content (AvgIpc) is 2.76. The van der Waals surface area contributed by atoms with E-state index in [1.807, 2.05) is 0 Å². The van der Waals surface area contributed by atoms with Crippen LogP contribution in [0, 0.1) is 0 Å². The molecule has 0 aromatic carbocycles. The Morgan fingerprint density at radius 3 is 2.15 bits per heavy atom. The van der Waals surface area contributed by atoms with Crippen molar-refractivity contribution in [2.75, 3.05) is 25.2 Å². The molecule has 0 saturated carbocycles. The van der Waals surface area contributed by atoms with Crippen LogP contribution in [0.4, 0.5) is 0 Å². The summed E-state index contributed by atoms with van der Waals surface area (Å²) in [5.41, 5.74) is 5.18. The first-order valence-corrected chi connectivity index (χ1v) is 11.9. The van der Waals surface area contributed by atoms with Crippen molar-refractivity contribution in [3.05, 3.63) is 0 Å². The van der Waals surface area contributed by atoms with E-state index in [0.29, 0.717) is 0 Å². The predicted octanol–water partition coefficient (Wildman–Crippen LogP) is -4.47. The van der Waals surface area contributed by atoms with E-state index in [9.17, 15) is 39.0 Å². The summed E-state index contributed by atoms with van der Waals surface area (Å²) in [5, 5.41) is 30.1. The van der Waals surface area contributed by atoms with Crippen LogP contribution in [0.1, 0.15) is 13.3 Å². The molecule has 1 aliphatic heterocycles. The van der Waals surface area contributed by atoms with Crippen molar-refractivity contribution in [1.82, 2.24) is 26.6 Å². The number of carbonyl (C=O) groups excluding carboxylic acids is 5. The highest BCUT2D eigenvalue weighted by Crippen LogP contribution is 2.18. The molecule has 1 heterocycles. The van der Waals surface area contributed by atoms with Gasteiger partial charge >= 0.3 is 5.97 Å². The molecular weight excluding hydrogens is 492 g/mol. The standard InChI is InChI=1S/C18H30N6O8S2/c1-7-14(27)22-8(3-12(19)26)15(28)24-10(5-33)13(18(31)32)34-6-11(20-2)17(30)23-9(4-25)16(29)21-7/h7-11,13,20,25,33H,3-6H2,1-2H3,(H2,19,26)(H,21,29)(H,22,27)(H,23,30)(H,24,28)(H,31,32)/t7-,8?,9?,10+,11-,13?/m0/s1. The number of likely N-dealkylation sites (N-methyl/N-ethyl adjacent to an activating group) is 1. The third-order valence-electron chi connectivity index (χ3n) is 4.85. The SMILES string of the molecule is CN[C@H]1CSC(C(=O)O)[C@@H](CS)NC(=O)C(CC(N)=O)NC(=O)[C@H](C)NC(=O)C(CO)NC1=O. The van der Waals surface area contributed by atoms with Gasteiger partial charge in [-0.25, -0.2) is 0 Å². The third-order valence-corrected chi connectivity index (χ3v) is 6.65. The van der Waals surface area contributed by atoms with E-state index >= 15 is 0 Å². The van der Waals surface area contributed by atoms with Gasteiger partial charge < -0.3 is 42.5 Å². The Morgan fingerprint density at radius 2 is 1.65 bits per heavy atom.